The van der Waals surface area contributed by atoms with E-state index in [0.29, 0.717) is 18.5 Å². The van der Waals surface area contributed by atoms with Crippen molar-refractivity contribution < 1.29 is 4.74 Å². The molecular weight excluding hydrogens is 433 g/mol. The van der Waals surface area contributed by atoms with Crippen LogP contribution in [0, 0.1) is 0 Å². The molecule has 1 aliphatic heterocycles. The Balaban J connectivity index is 0.00000147. The van der Waals surface area contributed by atoms with Crippen LogP contribution in [0.1, 0.15) is 24.0 Å². The first-order chi connectivity index (χ1) is 9.15. The molecule has 0 bridgehead atoms. The van der Waals surface area contributed by atoms with Crippen molar-refractivity contribution in [3.63, 3.8) is 0 Å². The Morgan fingerprint density at radius 1 is 1.50 bits per heavy atom. The van der Waals surface area contributed by atoms with Crippen LogP contribution in [0.5, 0.6) is 5.75 Å². The molecule has 3 rings (SSSR count). The maximum Gasteiger partial charge on any atom is 0.191 e. The van der Waals surface area contributed by atoms with Crippen LogP contribution in [-0.4, -0.2) is 30.6 Å². The van der Waals surface area contributed by atoms with Crippen LogP contribution in [0.15, 0.2) is 21.6 Å². The fourth-order valence-electron chi connectivity index (χ4n) is 2.39. The molecule has 2 N–H and O–H groups in total. The molecule has 1 aliphatic carbocycles. The summed E-state index contributed by atoms with van der Waals surface area (Å²) in [6.07, 6.45) is 3.42. The van der Waals surface area contributed by atoms with Gasteiger partial charge in [-0.05, 0) is 30.5 Å². The van der Waals surface area contributed by atoms with Gasteiger partial charge in [0.15, 0.2) is 5.96 Å². The topological polar surface area (TPSA) is 50.8 Å². The normalized spacial score (nSPS) is 17.2. The first-order valence-corrected chi connectivity index (χ1v) is 7.41. The van der Waals surface area contributed by atoms with E-state index in [1.165, 1.54) is 18.4 Å². The summed E-state index contributed by atoms with van der Waals surface area (Å²) in [5, 5.41) is 0. The second kappa shape index (κ2) is 6.51. The zero-order valence-corrected chi connectivity index (χ0v) is 15.4. The Morgan fingerprint density at radius 3 is 2.95 bits per heavy atom. The van der Waals surface area contributed by atoms with Crippen molar-refractivity contribution in [1.29, 1.82) is 0 Å². The summed E-state index contributed by atoms with van der Waals surface area (Å²) in [6.45, 7) is 1.34. The van der Waals surface area contributed by atoms with Gasteiger partial charge in [-0.1, -0.05) is 15.9 Å². The number of nitrogens with zero attached hydrogens (tertiary/aromatic N) is 2. The number of hydrogen-bond donors (Lipinski definition) is 1. The van der Waals surface area contributed by atoms with Gasteiger partial charge in [-0.25, -0.2) is 4.99 Å². The van der Waals surface area contributed by atoms with Crippen molar-refractivity contribution in [3.05, 3.63) is 27.7 Å². The van der Waals surface area contributed by atoms with E-state index >= 15 is 0 Å². The van der Waals surface area contributed by atoms with E-state index in [0.717, 1.165) is 28.8 Å². The molecule has 0 radical (unpaired) electrons. The van der Waals surface area contributed by atoms with E-state index in [9.17, 15) is 0 Å². The number of guanidine groups is 1. The molecule has 1 saturated carbocycles. The van der Waals surface area contributed by atoms with Crippen molar-refractivity contribution in [2.24, 2.45) is 10.7 Å². The van der Waals surface area contributed by atoms with Crippen molar-refractivity contribution >= 4 is 45.9 Å². The zero-order valence-electron chi connectivity index (χ0n) is 11.4. The van der Waals surface area contributed by atoms with Crippen LogP contribution in [-0.2, 0) is 13.0 Å². The fraction of sp³-hybridized carbons (Fsp3) is 0.500. The molecule has 1 aromatic rings. The van der Waals surface area contributed by atoms with Gasteiger partial charge in [0.1, 0.15) is 5.75 Å². The lowest BCUT2D eigenvalue weighted by Gasteiger charge is -2.17. The van der Waals surface area contributed by atoms with E-state index in [2.05, 4.69) is 38.0 Å². The third kappa shape index (κ3) is 3.39. The molecule has 1 heterocycles. The smallest absolute Gasteiger partial charge is 0.191 e. The highest BCUT2D eigenvalue weighted by Crippen LogP contribution is 2.33. The third-order valence-electron chi connectivity index (χ3n) is 3.69. The minimum Gasteiger partial charge on any atom is -0.493 e. The van der Waals surface area contributed by atoms with Crippen LogP contribution in [0.25, 0.3) is 0 Å². The summed E-state index contributed by atoms with van der Waals surface area (Å²) in [4.78, 5) is 6.56. The number of halogens is 2. The van der Waals surface area contributed by atoms with Crippen LogP contribution in [0.4, 0.5) is 0 Å². The van der Waals surface area contributed by atoms with Crippen molar-refractivity contribution in [2.75, 3.05) is 13.7 Å². The lowest BCUT2D eigenvalue weighted by atomic mass is 10.1. The van der Waals surface area contributed by atoms with Gasteiger partial charge in [-0.2, -0.15) is 0 Å². The van der Waals surface area contributed by atoms with E-state index in [1.807, 2.05) is 7.05 Å². The zero-order chi connectivity index (χ0) is 13.4. The minimum atomic E-state index is 0. The number of aliphatic imine (C=N–C) groups is 1. The molecule has 0 aromatic heterocycles. The number of hydrogen-bond acceptors (Lipinski definition) is 2. The predicted octanol–water partition coefficient (Wildman–Crippen LogP) is 2.91. The summed E-state index contributed by atoms with van der Waals surface area (Å²) in [5.74, 6) is 1.61. The molecule has 0 atom stereocenters. The first-order valence-electron chi connectivity index (χ1n) is 6.62. The average molecular weight is 452 g/mol. The number of benzene rings is 1. The number of nitrogens with two attached hydrogens (primary N) is 1. The molecule has 20 heavy (non-hydrogen) atoms. The van der Waals surface area contributed by atoms with Crippen LogP contribution < -0.4 is 10.5 Å². The molecule has 2 aliphatic rings. The maximum atomic E-state index is 6.01. The quantitative estimate of drug-likeness (QED) is 0.436. The Labute approximate surface area is 144 Å². The highest BCUT2D eigenvalue weighted by atomic mass is 127. The second-order valence-electron chi connectivity index (χ2n) is 5.17. The van der Waals surface area contributed by atoms with Crippen molar-refractivity contribution in [2.45, 2.75) is 31.8 Å². The molecule has 0 amide bonds. The molecule has 0 spiro atoms. The van der Waals surface area contributed by atoms with E-state index in [1.54, 1.807) is 0 Å². The summed E-state index contributed by atoms with van der Waals surface area (Å²) < 4.78 is 6.77. The van der Waals surface area contributed by atoms with Gasteiger partial charge in [0, 0.05) is 29.5 Å². The summed E-state index contributed by atoms with van der Waals surface area (Å²) in [6, 6.07) is 4.78. The lowest BCUT2D eigenvalue weighted by Crippen LogP contribution is -2.35. The van der Waals surface area contributed by atoms with Gasteiger partial charge in [-0.15, -0.1) is 24.0 Å². The molecule has 1 aromatic carbocycles. The second-order valence-corrected chi connectivity index (χ2v) is 6.08. The van der Waals surface area contributed by atoms with Gasteiger partial charge in [0.25, 0.3) is 0 Å². The summed E-state index contributed by atoms with van der Waals surface area (Å²) in [5.41, 5.74) is 8.38. The van der Waals surface area contributed by atoms with Crippen LogP contribution >= 0.6 is 39.9 Å². The third-order valence-corrected chi connectivity index (χ3v) is 4.15. The standard InChI is InChI=1S/C14H18BrN3O.HI/c1-18(12-2-3-12)14(16)17-8-10-7-11(15)6-9-4-5-19-13(9)10;/h6-7,12H,2-5,8H2,1H3,(H2,16,17);1H. The van der Waals surface area contributed by atoms with Crippen molar-refractivity contribution in [1.82, 2.24) is 4.90 Å². The van der Waals surface area contributed by atoms with Gasteiger partial charge < -0.3 is 15.4 Å². The summed E-state index contributed by atoms with van der Waals surface area (Å²) >= 11 is 3.54. The SMILES string of the molecule is CN(C(N)=NCc1cc(Br)cc2c1OCC2)C1CC1.I. The van der Waals surface area contributed by atoms with Gasteiger partial charge in [-0.3, -0.25) is 0 Å². The van der Waals surface area contributed by atoms with Gasteiger partial charge in [0.05, 0.1) is 13.2 Å². The number of ether oxygens (including phenoxy) is 1. The van der Waals surface area contributed by atoms with Crippen LogP contribution in [0.3, 0.4) is 0 Å². The van der Waals surface area contributed by atoms with E-state index < -0.39 is 0 Å². The average Bonchev–Trinajstić information content (AvgIpc) is 3.13. The number of rotatable bonds is 3. The Bertz CT molecular complexity index is 531. The largest absolute Gasteiger partial charge is 0.493 e. The molecule has 6 heteroatoms. The Morgan fingerprint density at radius 2 is 2.25 bits per heavy atom. The molecule has 110 valence electrons. The Hall–Kier alpha value is -0.500. The molecular formula is C14H19BrIN3O. The number of fused-ring (bicyclic) bond motifs is 1. The molecule has 0 saturated heterocycles. The predicted molar refractivity (Wildman–Crippen MR) is 94.9 cm³/mol. The van der Waals surface area contributed by atoms with Gasteiger partial charge >= 0.3 is 0 Å². The fourth-order valence-corrected chi connectivity index (χ4v) is 2.94. The van der Waals surface area contributed by atoms with E-state index in [-0.39, 0.29) is 24.0 Å². The minimum absolute atomic E-state index is 0. The first kappa shape index (κ1) is 15.9. The van der Waals surface area contributed by atoms with Crippen molar-refractivity contribution in [3.8, 4) is 5.75 Å². The van der Waals surface area contributed by atoms with Gasteiger partial charge in [0.2, 0.25) is 0 Å². The maximum absolute atomic E-state index is 6.01. The highest BCUT2D eigenvalue weighted by Gasteiger charge is 2.27. The summed E-state index contributed by atoms with van der Waals surface area (Å²) in [7, 11) is 2.01. The monoisotopic (exact) mass is 451 g/mol. The molecule has 1 fully saturated rings. The van der Waals surface area contributed by atoms with Crippen LogP contribution in [0.2, 0.25) is 0 Å². The lowest BCUT2D eigenvalue weighted by molar-refractivity contribution is 0.353. The molecule has 0 unspecified atom stereocenters. The van der Waals surface area contributed by atoms with E-state index in [4.69, 9.17) is 10.5 Å². The highest BCUT2D eigenvalue weighted by molar-refractivity contribution is 14.0. The Kier molecular flexibility index (Phi) is 5.17. The molecule has 4 nitrogen and oxygen atoms in total.